The van der Waals surface area contributed by atoms with E-state index >= 15 is 0 Å². The van der Waals surface area contributed by atoms with Gasteiger partial charge in [-0.25, -0.2) is 4.99 Å². The van der Waals surface area contributed by atoms with E-state index in [2.05, 4.69) is 23.9 Å². The summed E-state index contributed by atoms with van der Waals surface area (Å²) in [5.74, 6) is 2.89. The van der Waals surface area contributed by atoms with Gasteiger partial charge in [-0.1, -0.05) is 12.2 Å². The molecule has 0 aromatic heterocycles. The molecule has 1 nitrogen and oxygen atoms in total. The number of aliphatic imine (C=N–C) groups is 1. The molecular formula is C9H13N. The minimum atomic E-state index is 0.455. The predicted octanol–water partition coefficient (Wildman–Crippen LogP) is 2.34. The van der Waals surface area contributed by atoms with Crippen molar-refractivity contribution in [2.45, 2.75) is 32.2 Å². The maximum absolute atomic E-state index is 4.19. The second-order valence-electron chi connectivity index (χ2n) is 2.63. The molecule has 1 heteroatoms. The molecule has 0 fully saturated rings. The van der Waals surface area contributed by atoms with Crippen LogP contribution in [0.3, 0.4) is 0 Å². The molecule has 0 radical (unpaired) electrons. The molecule has 54 valence electrons. The summed E-state index contributed by atoms with van der Waals surface area (Å²) in [5, 5.41) is 0. The van der Waals surface area contributed by atoms with Gasteiger partial charge in [-0.15, -0.1) is 0 Å². The Labute approximate surface area is 62.2 Å². The van der Waals surface area contributed by atoms with Crippen molar-refractivity contribution in [3.8, 4) is 0 Å². The zero-order valence-electron chi connectivity index (χ0n) is 6.38. The smallest absolute Gasteiger partial charge is 0.0565 e. The Hall–Kier alpha value is -0.810. The molecule has 0 N–H and O–H groups in total. The number of rotatable bonds is 0. The van der Waals surface area contributed by atoms with Crippen LogP contribution in [0.2, 0.25) is 0 Å². The lowest BCUT2D eigenvalue weighted by Gasteiger charge is -2.00. The maximum atomic E-state index is 4.19. The van der Waals surface area contributed by atoms with E-state index in [1.165, 1.54) is 19.3 Å². The van der Waals surface area contributed by atoms with Crippen LogP contribution in [-0.4, -0.2) is 11.9 Å². The SMILES string of the molecule is CC1CCCC=CC=C=N1. The predicted molar refractivity (Wildman–Crippen MR) is 44.5 cm³/mol. The van der Waals surface area contributed by atoms with Gasteiger partial charge >= 0.3 is 0 Å². The normalized spacial score (nSPS) is 25.5. The van der Waals surface area contributed by atoms with E-state index in [1.54, 1.807) is 0 Å². The van der Waals surface area contributed by atoms with Crippen LogP contribution >= 0.6 is 0 Å². The molecule has 0 amide bonds. The fourth-order valence-corrected chi connectivity index (χ4v) is 0.973. The highest BCUT2D eigenvalue weighted by Crippen LogP contribution is 2.04. The summed E-state index contributed by atoms with van der Waals surface area (Å²) in [4.78, 5) is 4.19. The zero-order valence-corrected chi connectivity index (χ0v) is 6.38. The average molecular weight is 135 g/mol. The average Bonchev–Trinajstić information content (AvgIpc) is 2.02. The molecule has 1 aliphatic heterocycles. The first-order valence-electron chi connectivity index (χ1n) is 3.83. The second kappa shape index (κ2) is 4.08. The fraction of sp³-hybridized carbons (Fsp3) is 0.556. The molecule has 10 heavy (non-hydrogen) atoms. The van der Waals surface area contributed by atoms with E-state index < -0.39 is 0 Å². The Morgan fingerprint density at radius 3 is 3.40 bits per heavy atom. The zero-order chi connectivity index (χ0) is 7.23. The van der Waals surface area contributed by atoms with Gasteiger partial charge in [0.25, 0.3) is 0 Å². The van der Waals surface area contributed by atoms with Gasteiger partial charge in [-0.05, 0) is 38.1 Å². The van der Waals surface area contributed by atoms with Crippen molar-refractivity contribution in [2.75, 3.05) is 0 Å². The van der Waals surface area contributed by atoms with Gasteiger partial charge in [-0.2, -0.15) is 0 Å². The Morgan fingerprint density at radius 2 is 2.50 bits per heavy atom. The lowest BCUT2D eigenvalue weighted by atomic mass is 10.1. The van der Waals surface area contributed by atoms with Crippen molar-refractivity contribution in [3.05, 3.63) is 18.2 Å². The molecular weight excluding hydrogens is 122 g/mol. The van der Waals surface area contributed by atoms with E-state index in [9.17, 15) is 0 Å². The van der Waals surface area contributed by atoms with Crippen molar-refractivity contribution in [1.29, 1.82) is 0 Å². The van der Waals surface area contributed by atoms with E-state index in [0.29, 0.717) is 6.04 Å². The number of hydrogen-bond acceptors (Lipinski definition) is 1. The Morgan fingerprint density at radius 1 is 1.60 bits per heavy atom. The highest BCUT2D eigenvalue weighted by atomic mass is 14.7. The topological polar surface area (TPSA) is 12.4 Å². The molecule has 1 atom stereocenters. The number of allylic oxidation sites excluding steroid dienone is 3. The first-order valence-corrected chi connectivity index (χ1v) is 3.83. The summed E-state index contributed by atoms with van der Waals surface area (Å²) in [7, 11) is 0. The molecule has 1 rings (SSSR count). The summed E-state index contributed by atoms with van der Waals surface area (Å²) < 4.78 is 0. The highest BCUT2D eigenvalue weighted by molar-refractivity contribution is 5.54. The van der Waals surface area contributed by atoms with Crippen molar-refractivity contribution in [3.63, 3.8) is 0 Å². The molecule has 0 saturated heterocycles. The van der Waals surface area contributed by atoms with E-state index in [-0.39, 0.29) is 0 Å². The van der Waals surface area contributed by atoms with Crippen LogP contribution in [0.25, 0.3) is 0 Å². The highest BCUT2D eigenvalue weighted by Gasteiger charge is 1.95. The second-order valence-corrected chi connectivity index (χ2v) is 2.63. The fourth-order valence-electron chi connectivity index (χ4n) is 0.973. The van der Waals surface area contributed by atoms with Gasteiger partial charge < -0.3 is 0 Å². The van der Waals surface area contributed by atoms with Crippen molar-refractivity contribution in [1.82, 2.24) is 0 Å². The van der Waals surface area contributed by atoms with E-state index in [1.807, 2.05) is 12.2 Å². The third-order valence-corrected chi connectivity index (χ3v) is 1.59. The van der Waals surface area contributed by atoms with E-state index in [4.69, 9.17) is 0 Å². The Bertz CT molecular complexity index is 173. The minimum absolute atomic E-state index is 0.455. The first kappa shape index (κ1) is 7.30. The summed E-state index contributed by atoms with van der Waals surface area (Å²) in [6, 6.07) is 0.455. The van der Waals surface area contributed by atoms with Crippen molar-refractivity contribution in [2.24, 2.45) is 4.99 Å². The first-order chi connectivity index (χ1) is 4.89. The summed E-state index contributed by atoms with van der Waals surface area (Å²) >= 11 is 0. The lowest BCUT2D eigenvalue weighted by molar-refractivity contribution is 0.636. The van der Waals surface area contributed by atoms with Crippen LogP contribution in [0.1, 0.15) is 26.2 Å². The molecule has 0 bridgehead atoms. The molecule has 1 heterocycles. The van der Waals surface area contributed by atoms with Crippen LogP contribution in [0.4, 0.5) is 0 Å². The van der Waals surface area contributed by atoms with Crippen LogP contribution in [0.15, 0.2) is 23.2 Å². The monoisotopic (exact) mass is 135 g/mol. The van der Waals surface area contributed by atoms with Crippen LogP contribution in [0.5, 0.6) is 0 Å². The van der Waals surface area contributed by atoms with Gasteiger partial charge in [0, 0.05) is 0 Å². The van der Waals surface area contributed by atoms with Gasteiger partial charge in [0.2, 0.25) is 0 Å². The Kier molecular flexibility index (Phi) is 2.98. The van der Waals surface area contributed by atoms with Crippen LogP contribution in [0, 0.1) is 0 Å². The van der Waals surface area contributed by atoms with Crippen LogP contribution in [-0.2, 0) is 0 Å². The largest absolute Gasteiger partial charge is 0.240 e. The van der Waals surface area contributed by atoms with Crippen molar-refractivity contribution < 1.29 is 0 Å². The standard InChI is InChI=1S/C9H13N/c1-9-7-5-3-2-4-6-8-10-9/h2,4,6,9H,3,5,7H2,1H3. The molecule has 0 aromatic carbocycles. The summed E-state index contributed by atoms with van der Waals surface area (Å²) in [5.41, 5.74) is 0. The van der Waals surface area contributed by atoms with Crippen molar-refractivity contribution >= 4 is 5.87 Å². The van der Waals surface area contributed by atoms with Gasteiger partial charge in [0.1, 0.15) is 0 Å². The molecule has 0 aromatic rings. The minimum Gasteiger partial charge on any atom is -0.240 e. The van der Waals surface area contributed by atoms with Gasteiger partial charge in [0.15, 0.2) is 0 Å². The number of hydrogen-bond donors (Lipinski definition) is 0. The van der Waals surface area contributed by atoms with E-state index in [0.717, 1.165) is 0 Å². The third kappa shape index (κ3) is 2.65. The molecule has 0 aliphatic carbocycles. The molecule has 1 unspecified atom stereocenters. The lowest BCUT2D eigenvalue weighted by Crippen LogP contribution is -1.95. The molecule has 0 spiro atoms. The third-order valence-electron chi connectivity index (χ3n) is 1.59. The number of nitrogens with zero attached hydrogens (tertiary/aromatic N) is 1. The van der Waals surface area contributed by atoms with Crippen LogP contribution < -0.4 is 0 Å². The maximum Gasteiger partial charge on any atom is 0.0565 e. The quantitative estimate of drug-likeness (QED) is 0.483. The van der Waals surface area contributed by atoms with Gasteiger partial charge in [-0.3, -0.25) is 0 Å². The Balaban J connectivity index is 2.57. The summed E-state index contributed by atoms with van der Waals surface area (Å²) in [6.45, 7) is 2.13. The van der Waals surface area contributed by atoms with Gasteiger partial charge in [0.05, 0.1) is 6.04 Å². The molecule has 1 aliphatic rings. The molecule has 0 saturated carbocycles. The summed E-state index contributed by atoms with van der Waals surface area (Å²) in [6.07, 6.45) is 9.67.